The monoisotopic (exact) mass is 331 g/mol. The van der Waals surface area contributed by atoms with Gasteiger partial charge in [0.15, 0.2) is 0 Å². The molecule has 8 nitrogen and oxygen atoms in total. The van der Waals surface area contributed by atoms with Gasteiger partial charge in [0.1, 0.15) is 0 Å². The van der Waals surface area contributed by atoms with E-state index in [-0.39, 0.29) is 6.61 Å². The van der Waals surface area contributed by atoms with Crippen molar-refractivity contribution in [2.24, 2.45) is 0 Å². The molecule has 2 aromatic rings. The number of aromatic nitrogens is 4. The Kier molecular flexibility index (Phi) is 3.25. The van der Waals surface area contributed by atoms with Crippen LogP contribution in [0.2, 0.25) is 0 Å². The number of imidazole rings is 1. The molecule has 1 radical (unpaired) electrons. The zero-order valence-electron chi connectivity index (χ0n) is 9.62. The molecule has 0 spiro atoms. The third-order valence-electron chi connectivity index (χ3n) is 3.12. The zero-order valence-corrected chi connectivity index (χ0v) is 11.3. The van der Waals surface area contributed by atoms with Gasteiger partial charge >= 0.3 is 115 Å². The standard InChI is InChI=1S/C10H11N4O4Se/c15-1-4-6(16)7(17)10(18-4)14-3-13-5-8(14)11-2-12-9(5)19/h2-4,6-7,10,15-17H,1H2/t4-,6-,7+,10?/m1/s1. The summed E-state index contributed by atoms with van der Waals surface area (Å²) in [5, 5.41) is 28.8. The van der Waals surface area contributed by atoms with Gasteiger partial charge in [-0.15, -0.1) is 0 Å². The molecule has 0 saturated carbocycles. The van der Waals surface area contributed by atoms with E-state index < -0.39 is 24.5 Å². The number of hydrogen-bond donors (Lipinski definition) is 3. The third kappa shape index (κ3) is 1.95. The summed E-state index contributed by atoms with van der Waals surface area (Å²) in [6.45, 7) is -0.372. The first kappa shape index (κ1) is 12.9. The number of rotatable bonds is 2. The number of fused-ring (bicyclic) bond motifs is 1. The molecule has 1 saturated heterocycles. The van der Waals surface area contributed by atoms with Crippen LogP contribution < -0.4 is 4.59 Å². The average molecular weight is 330 g/mol. The Morgan fingerprint density at radius 1 is 1.26 bits per heavy atom. The second-order valence-corrected chi connectivity index (χ2v) is 5.04. The van der Waals surface area contributed by atoms with Gasteiger partial charge in [0.05, 0.1) is 0 Å². The van der Waals surface area contributed by atoms with Crippen LogP contribution in [0.1, 0.15) is 6.23 Å². The van der Waals surface area contributed by atoms with Crippen molar-refractivity contribution in [3.63, 3.8) is 0 Å². The van der Waals surface area contributed by atoms with Gasteiger partial charge in [-0.1, -0.05) is 0 Å². The van der Waals surface area contributed by atoms with Crippen LogP contribution in [-0.4, -0.2) is 75.8 Å². The fourth-order valence-electron chi connectivity index (χ4n) is 2.13. The SMILES string of the molecule is OC[C@H]1OC(n2cnc3c([Se])ncnc32)[C@@H](O)[C@@H]1O. The van der Waals surface area contributed by atoms with Gasteiger partial charge in [-0.25, -0.2) is 0 Å². The van der Waals surface area contributed by atoms with Crippen LogP contribution in [0.25, 0.3) is 11.2 Å². The second kappa shape index (κ2) is 4.78. The number of ether oxygens (including phenoxy) is 1. The van der Waals surface area contributed by atoms with Crippen LogP contribution in [0.4, 0.5) is 0 Å². The summed E-state index contributed by atoms with van der Waals surface area (Å²) in [7, 11) is 0. The molecule has 2 aromatic heterocycles. The molecular weight excluding hydrogens is 319 g/mol. The van der Waals surface area contributed by atoms with Crippen molar-refractivity contribution in [1.29, 1.82) is 0 Å². The fourth-order valence-corrected chi connectivity index (χ4v) is 2.53. The van der Waals surface area contributed by atoms with Gasteiger partial charge in [0.2, 0.25) is 0 Å². The van der Waals surface area contributed by atoms with Crippen molar-refractivity contribution >= 4 is 31.8 Å². The van der Waals surface area contributed by atoms with Crippen molar-refractivity contribution < 1.29 is 20.1 Å². The zero-order chi connectivity index (χ0) is 13.6. The van der Waals surface area contributed by atoms with E-state index in [1.807, 2.05) is 0 Å². The summed E-state index contributed by atoms with van der Waals surface area (Å²) in [6.07, 6.45) is -1.15. The van der Waals surface area contributed by atoms with Crippen LogP contribution in [0.3, 0.4) is 0 Å². The number of hydrogen-bond acceptors (Lipinski definition) is 7. The van der Waals surface area contributed by atoms with Crippen LogP contribution in [-0.2, 0) is 4.74 Å². The first-order valence-electron chi connectivity index (χ1n) is 5.60. The van der Waals surface area contributed by atoms with Crippen LogP contribution >= 0.6 is 0 Å². The first-order chi connectivity index (χ1) is 9.13. The fraction of sp³-hybridized carbons (Fsp3) is 0.500. The van der Waals surface area contributed by atoms with E-state index in [0.29, 0.717) is 15.8 Å². The normalized spacial score (nSPS) is 31.1. The van der Waals surface area contributed by atoms with Gasteiger partial charge < -0.3 is 0 Å². The van der Waals surface area contributed by atoms with E-state index in [1.165, 1.54) is 17.2 Å². The van der Waals surface area contributed by atoms with Crippen LogP contribution in [0.5, 0.6) is 0 Å². The first-order valence-corrected chi connectivity index (χ1v) is 6.46. The van der Waals surface area contributed by atoms with Gasteiger partial charge in [0, 0.05) is 0 Å². The topological polar surface area (TPSA) is 114 Å². The molecule has 3 rings (SSSR count). The van der Waals surface area contributed by atoms with E-state index in [0.717, 1.165) is 0 Å². The minimum absolute atomic E-state index is 0.372. The van der Waals surface area contributed by atoms with Crippen LogP contribution in [0, 0.1) is 0 Å². The molecule has 3 N–H and O–H groups in total. The molecule has 1 aliphatic heterocycles. The number of aliphatic hydroxyl groups excluding tert-OH is 3. The van der Waals surface area contributed by atoms with Gasteiger partial charge in [-0.2, -0.15) is 0 Å². The molecule has 1 unspecified atom stereocenters. The molecule has 19 heavy (non-hydrogen) atoms. The predicted molar refractivity (Wildman–Crippen MR) is 63.7 cm³/mol. The van der Waals surface area contributed by atoms with Crippen molar-refractivity contribution in [2.75, 3.05) is 6.61 Å². The Morgan fingerprint density at radius 3 is 2.74 bits per heavy atom. The van der Waals surface area contributed by atoms with Gasteiger partial charge in [0.25, 0.3) is 0 Å². The van der Waals surface area contributed by atoms with Crippen LogP contribution in [0.15, 0.2) is 12.7 Å². The summed E-state index contributed by atoms with van der Waals surface area (Å²) in [4.78, 5) is 12.2. The maximum atomic E-state index is 9.97. The molecule has 1 fully saturated rings. The van der Waals surface area contributed by atoms with Crippen molar-refractivity contribution in [2.45, 2.75) is 24.5 Å². The molecule has 9 heteroatoms. The molecule has 0 amide bonds. The second-order valence-electron chi connectivity index (χ2n) is 4.23. The predicted octanol–water partition coefficient (Wildman–Crippen LogP) is -2.77. The quantitative estimate of drug-likeness (QED) is 0.511. The molecule has 0 aliphatic carbocycles. The van der Waals surface area contributed by atoms with Crippen molar-refractivity contribution in [3.05, 3.63) is 12.7 Å². The summed E-state index contributed by atoms with van der Waals surface area (Å²) in [5.74, 6) is 0. The Balaban J connectivity index is 2.04. The molecule has 0 bridgehead atoms. The van der Waals surface area contributed by atoms with Crippen molar-refractivity contribution in [3.8, 4) is 0 Å². The Labute approximate surface area is 115 Å². The summed E-state index contributed by atoms with van der Waals surface area (Å²) in [6, 6.07) is 0. The maximum absolute atomic E-state index is 9.97. The Morgan fingerprint density at radius 2 is 2.05 bits per heavy atom. The van der Waals surface area contributed by atoms with Crippen molar-refractivity contribution in [1.82, 2.24) is 19.5 Å². The van der Waals surface area contributed by atoms with E-state index >= 15 is 0 Å². The number of aliphatic hydroxyl groups is 3. The molecule has 3 heterocycles. The number of nitrogens with zero attached hydrogens (tertiary/aromatic N) is 4. The molecular formula is C10H11N4O4Se. The van der Waals surface area contributed by atoms with E-state index in [2.05, 4.69) is 31.0 Å². The minimum atomic E-state index is -1.16. The van der Waals surface area contributed by atoms with E-state index in [1.54, 1.807) is 0 Å². The van der Waals surface area contributed by atoms with Gasteiger partial charge in [-0.05, 0) is 0 Å². The third-order valence-corrected chi connectivity index (χ3v) is 3.74. The average Bonchev–Trinajstić information content (AvgIpc) is 2.94. The molecule has 1 aliphatic rings. The summed E-state index contributed by atoms with van der Waals surface area (Å²) in [5.41, 5.74) is 1.04. The van der Waals surface area contributed by atoms with E-state index in [4.69, 9.17) is 9.84 Å². The Hall–Kier alpha value is -1.09. The van der Waals surface area contributed by atoms with Gasteiger partial charge in [-0.3, -0.25) is 0 Å². The van der Waals surface area contributed by atoms with E-state index in [9.17, 15) is 10.2 Å². The molecule has 4 atom stereocenters. The summed E-state index contributed by atoms with van der Waals surface area (Å²) < 4.78 is 7.54. The summed E-state index contributed by atoms with van der Waals surface area (Å²) >= 11 is 2.77. The molecule has 101 valence electrons. The molecule has 0 aromatic carbocycles. The Bertz CT molecular complexity index is 606.